The second-order valence-electron chi connectivity index (χ2n) is 18.8. The van der Waals surface area contributed by atoms with E-state index in [-0.39, 0.29) is 31.6 Å². The number of allylic oxidation sites excluding steroid dienone is 17. The molecule has 0 bridgehead atoms. The molecule has 398 valence electrons. The highest BCUT2D eigenvalue weighted by Gasteiger charge is 2.19. The van der Waals surface area contributed by atoms with Crippen LogP contribution in [-0.4, -0.2) is 37.2 Å². The lowest BCUT2D eigenvalue weighted by atomic mass is 10.0. The van der Waals surface area contributed by atoms with Gasteiger partial charge in [0.1, 0.15) is 13.2 Å². The van der Waals surface area contributed by atoms with Gasteiger partial charge in [-0.15, -0.1) is 0 Å². The van der Waals surface area contributed by atoms with Crippen molar-refractivity contribution >= 4 is 17.9 Å². The first kappa shape index (κ1) is 66.1. The van der Waals surface area contributed by atoms with Gasteiger partial charge in [-0.25, -0.2) is 0 Å². The van der Waals surface area contributed by atoms with E-state index >= 15 is 0 Å². The lowest BCUT2D eigenvalue weighted by Gasteiger charge is -2.18. The molecule has 0 aromatic heterocycles. The monoisotopic (exact) mass is 971 g/mol. The van der Waals surface area contributed by atoms with E-state index in [2.05, 4.69) is 118 Å². The van der Waals surface area contributed by atoms with E-state index in [1.807, 2.05) is 6.08 Å². The minimum Gasteiger partial charge on any atom is -0.462 e. The quantitative estimate of drug-likeness (QED) is 0.0262. The maximum atomic E-state index is 12.8. The molecule has 70 heavy (non-hydrogen) atoms. The molecule has 0 aliphatic heterocycles. The highest BCUT2D eigenvalue weighted by atomic mass is 16.6. The van der Waals surface area contributed by atoms with Crippen LogP contribution in [-0.2, 0) is 28.6 Å². The number of carbonyl (C=O) groups is 3. The predicted octanol–water partition coefficient (Wildman–Crippen LogP) is 19.5. The predicted molar refractivity (Wildman–Crippen MR) is 302 cm³/mol. The average Bonchev–Trinajstić information content (AvgIpc) is 3.36. The van der Waals surface area contributed by atoms with Gasteiger partial charge in [0.05, 0.1) is 6.42 Å². The number of unbranched alkanes of at least 4 members (excludes halogenated alkanes) is 23. The smallest absolute Gasteiger partial charge is 0.310 e. The van der Waals surface area contributed by atoms with Crippen molar-refractivity contribution in [2.75, 3.05) is 13.2 Å². The third kappa shape index (κ3) is 55.0. The molecule has 0 rings (SSSR count). The van der Waals surface area contributed by atoms with Crippen LogP contribution in [0.15, 0.2) is 109 Å². The van der Waals surface area contributed by atoms with Crippen molar-refractivity contribution in [3.05, 3.63) is 109 Å². The molecule has 0 saturated carbocycles. The first-order valence-electron chi connectivity index (χ1n) is 28.9. The minimum atomic E-state index is -0.841. The number of ether oxygens (including phenoxy) is 3. The molecular formula is C64H106O6. The summed E-state index contributed by atoms with van der Waals surface area (Å²) in [6.45, 7) is 6.38. The van der Waals surface area contributed by atoms with Gasteiger partial charge >= 0.3 is 17.9 Å². The van der Waals surface area contributed by atoms with Gasteiger partial charge in [0.25, 0.3) is 0 Å². The molecule has 6 nitrogen and oxygen atoms in total. The maximum Gasteiger partial charge on any atom is 0.310 e. The van der Waals surface area contributed by atoms with Gasteiger partial charge in [0, 0.05) is 12.8 Å². The van der Waals surface area contributed by atoms with Crippen LogP contribution < -0.4 is 0 Å². The second kappa shape index (κ2) is 57.6. The Labute approximate surface area is 431 Å². The van der Waals surface area contributed by atoms with Gasteiger partial charge in [-0.3, -0.25) is 14.4 Å². The average molecular weight is 972 g/mol. The van der Waals surface area contributed by atoms with Crippen molar-refractivity contribution in [3.8, 4) is 0 Å². The van der Waals surface area contributed by atoms with Gasteiger partial charge in [-0.1, -0.05) is 246 Å². The van der Waals surface area contributed by atoms with E-state index < -0.39 is 12.1 Å². The fraction of sp³-hybridized carbons (Fsp3) is 0.672. The number of hydrogen-bond donors (Lipinski definition) is 0. The third-order valence-electron chi connectivity index (χ3n) is 12.0. The van der Waals surface area contributed by atoms with Crippen LogP contribution in [0.5, 0.6) is 0 Å². The van der Waals surface area contributed by atoms with Gasteiger partial charge in [-0.05, 0) is 103 Å². The summed E-state index contributed by atoms with van der Waals surface area (Å²) in [5.74, 6) is -1.07. The Morgan fingerprint density at radius 1 is 0.314 bits per heavy atom. The van der Waals surface area contributed by atoms with Crippen molar-refractivity contribution in [1.29, 1.82) is 0 Å². The van der Waals surface area contributed by atoms with Crippen molar-refractivity contribution < 1.29 is 28.6 Å². The molecule has 6 heteroatoms. The normalized spacial score (nSPS) is 12.9. The van der Waals surface area contributed by atoms with Crippen molar-refractivity contribution in [3.63, 3.8) is 0 Å². The Morgan fingerprint density at radius 3 is 0.986 bits per heavy atom. The number of carbonyl (C=O) groups excluding carboxylic acids is 3. The fourth-order valence-electron chi connectivity index (χ4n) is 7.68. The largest absolute Gasteiger partial charge is 0.462 e. The number of esters is 3. The van der Waals surface area contributed by atoms with Crippen LogP contribution in [0.4, 0.5) is 0 Å². The maximum absolute atomic E-state index is 12.8. The molecule has 1 atom stereocenters. The summed E-state index contributed by atoms with van der Waals surface area (Å²) in [5, 5.41) is 0. The first-order chi connectivity index (χ1) is 34.5. The van der Waals surface area contributed by atoms with E-state index in [1.54, 1.807) is 6.08 Å². The molecule has 0 radical (unpaired) electrons. The summed E-state index contributed by atoms with van der Waals surface area (Å²) in [6.07, 6.45) is 78.2. The highest BCUT2D eigenvalue weighted by molar-refractivity contribution is 5.72. The zero-order valence-corrected chi connectivity index (χ0v) is 45.5. The van der Waals surface area contributed by atoms with Crippen LogP contribution in [0.2, 0.25) is 0 Å². The summed E-state index contributed by atoms with van der Waals surface area (Å²) in [7, 11) is 0. The lowest BCUT2D eigenvalue weighted by Crippen LogP contribution is -2.30. The zero-order valence-electron chi connectivity index (χ0n) is 45.5. The molecule has 0 N–H and O–H groups in total. The van der Waals surface area contributed by atoms with E-state index in [9.17, 15) is 14.4 Å². The van der Waals surface area contributed by atoms with Crippen molar-refractivity contribution in [2.45, 2.75) is 264 Å². The Morgan fingerprint density at radius 2 is 0.614 bits per heavy atom. The third-order valence-corrected chi connectivity index (χ3v) is 12.0. The molecule has 0 fully saturated rings. The summed E-state index contributed by atoms with van der Waals surface area (Å²) in [6, 6.07) is 0. The summed E-state index contributed by atoms with van der Waals surface area (Å²) < 4.78 is 16.7. The van der Waals surface area contributed by atoms with Crippen LogP contribution in [0.1, 0.15) is 258 Å². The Balaban J connectivity index is 4.43. The summed E-state index contributed by atoms with van der Waals surface area (Å²) in [4.78, 5) is 38.1. The van der Waals surface area contributed by atoms with Crippen LogP contribution in [0.3, 0.4) is 0 Å². The van der Waals surface area contributed by atoms with E-state index in [0.717, 1.165) is 96.3 Å². The topological polar surface area (TPSA) is 78.9 Å². The van der Waals surface area contributed by atoms with Crippen LogP contribution >= 0.6 is 0 Å². The Hall–Kier alpha value is -3.93. The van der Waals surface area contributed by atoms with Crippen LogP contribution in [0.25, 0.3) is 0 Å². The fourth-order valence-corrected chi connectivity index (χ4v) is 7.68. The molecular weight excluding hydrogens is 865 g/mol. The summed E-state index contributed by atoms with van der Waals surface area (Å²) >= 11 is 0. The first-order valence-corrected chi connectivity index (χ1v) is 28.9. The van der Waals surface area contributed by atoms with Gasteiger partial charge in [-0.2, -0.15) is 0 Å². The zero-order chi connectivity index (χ0) is 50.7. The molecule has 1 unspecified atom stereocenters. The standard InChI is InChI=1S/C64H106O6/c1-4-7-10-13-16-19-22-25-28-29-30-31-32-33-34-35-37-39-42-45-48-51-54-57-63(66)69-60-61(59-68-62(65)56-53-50-47-44-41-38-27-24-21-18-15-12-9-6-3)70-64(67)58-55-52-49-46-43-40-36-26-23-20-17-14-11-8-5-2/h8,11,15,17-18,20,22,24-27,29-30,36,43,46,52,55,61H,4-7,9-10,12-14,16,19,21,23,28,31-35,37-42,44-45,47-51,53-54,56-60H2,1-3H3/b11-8-,18-15-,20-17-,25-22-,27-24-,30-29-,36-26-,46-43-,55-52-. The van der Waals surface area contributed by atoms with E-state index in [0.29, 0.717) is 19.3 Å². The van der Waals surface area contributed by atoms with Gasteiger partial charge in [0.2, 0.25) is 0 Å². The second-order valence-corrected chi connectivity index (χ2v) is 18.8. The summed E-state index contributed by atoms with van der Waals surface area (Å²) in [5.41, 5.74) is 0. The molecule has 0 heterocycles. The Bertz CT molecular complexity index is 1440. The Kier molecular flexibility index (Phi) is 54.4. The molecule has 0 spiro atoms. The molecule has 0 aliphatic carbocycles. The molecule has 0 aromatic rings. The van der Waals surface area contributed by atoms with Crippen molar-refractivity contribution in [2.24, 2.45) is 0 Å². The SMILES string of the molecule is CC/C=C\C/C=C\C/C=C\C/C=C\C/C=C\CC(=O)OC(COC(=O)CCCCCCC/C=C\C/C=C\CCCC)COC(=O)CCCCCCCCCCCCC/C=C\C/C=C\CCCCCCC. The molecule has 0 amide bonds. The van der Waals surface area contributed by atoms with Gasteiger partial charge < -0.3 is 14.2 Å². The van der Waals surface area contributed by atoms with E-state index in [1.165, 1.54) is 116 Å². The van der Waals surface area contributed by atoms with Crippen LogP contribution in [0, 0.1) is 0 Å². The molecule has 0 aromatic carbocycles. The van der Waals surface area contributed by atoms with Crippen molar-refractivity contribution in [1.82, 2.24) is 0 Å². The molecule has 0 aliphatic rings. The van der Waals surface area contributed by atoms with E-state index in [4.69, 9.17) is 14.2 Å². The molecule has 0 saturated heterocycles. The van der Waals surface area contributed by atoms with Gasteiger partial charge in [0.15, 0.2) is 6.10 Å². The number of hydrogen-bond acceptors (Lipinski definition) is 6. The minimum absolute atomic E-state index is 0.0907. The lowest BCUT2D eigenvalue weighted by molar-refractivity contribution is -0.166. The number of rotatable bonds is 51. The highest BCUT2D eigenvalue weighted by Crippen LogP contribution is 2.14.